The van der Waals surface area contributed by atoms with Crippen LogP contribution < -0.4 is 21.1 Å². The van der Waals surface area contributed by atoms with E-state index in [2.05, 4.69) is 28.7 Å². The van der Waals surface area contributed by atoms with Crippen molar-refractivity contribution in [3.05, 3.63) is 29.8 Å². The Kier molecular flexibility index (Phi) is 5.86. The fraction of sp³-hybridized carbons (Fsp3) is 0.591. The minimum atomic E-state index is -0.410. The van der Waals surface area contributed by atoms with Gasteiger partial charge in [0.2, 0.25) is 5.91 Å². The quantitative estimate of drug-likeness (QED) is 0.536. The molecule has 1 amide bonds. The maximum atomic E-state index is 12.8. The Balaban J connectivity index is 1.63. The number of amides is 1. The number of carbonyl (C=O) groups is 1. The highest BCUT2D eigenvalue weighted by atomic mass is 32.2. The van der Waals surface area contributed by atoms with Crippen molar-refractivity contribution in [3.63, 3.8) is 0 Å². The average molecular weight is 400 g/mol. The van der Waals surface area contributed by atoms with E-state index in [4.69, 9.17) is 16.9 Å². The van der Waals surface area contributed by atoms with Crippen LogP contribution in [0.3, 0.4) is 0 Å². The third kappa shape index (κ3) is 3.76. The van der Waals surface area contributed by atoms with Gasteiger partial charge in [-0.3, -0.25) is 10.1 Å². The second-order valence-corrected chi connectivity index (χ2v) is 9.39. The van der Waals surface area contributed by atoms with Gasteiger partial charge in [0.05, 0.1) is 5.25 Å². The minimum absolute atomic E-state index is 0.111. The summed E-state index contributed by atoms with van der Waals surface area (Å²) >= 11 is 1.77. The van der Waals surface area contributed by atoms with Gasteiger partial charge < -0.3 is 15.8 Å². The SMILES string of the molecule is C#CCOc1ccc(C2CC(=O)NC3(C4CCCCCC4)NC(N)SC23)cc1. The normalized spacial score (nSPS) is 33.4. The summed E-state index contributed by atoms with van der Waals surface area (Å²) in [6.45, 7) is 0.257. The van der Waals surface area contributed by atoms with E-state index in [9.17, 15) is 4.79 Å². The standard InChI is InChI=1S/C22H29N3O2S/c1-2-13-27-17-11-9-15(10-12-17)18-14-19(26)24-22(20(18)28-21(23)25-22)16-7-5-3-4-6-8-16/h1,9-12,16,18,20-21,25H,3-8,13-14,23H2,(H,24,26). The molecule has 5 nitrogen and oxygen atoms in total. The molecule has 0 spiro atoms. The van der Waals surface area contributed by atoms with Crippen molar-refractivity contribution in [3.8, 4) is 18.1 Å². The van der Waals surface area contributed by atoms with Gasteiger partial charge >= 0.3 is 0 Å². The lowest BCUT2D eigenvalue weighted by molar-refractivity contribution is -0.127. The number of hydrogen-bond acceptors (Lipinski definition) is 5. The topological polar surface area (TPSA) is 76.4 Å². The fourth-order valence-electron chi connectivity index (χ4n) is 5.14. The van der Waals surface area contributed by atoms with E-state index in [1.807, 2.05) is 12.1 Å². The van der Waals surface area contributed by atoms with Crippen LogP contribution in [0.1, 0.15) is 56.4 Å². The molecule has 4 N–H and O–H groups in total. The molecule has 0 aromatic heterocycles. The molecule has 4 atom stereocenters. The Labute approximate surface area is 171 Å². The summed E-state index contributed by atoms with van der Waals surface area (Å²) in [6, 6.07) is 8.02. The predicted octanol–water partition coefficient (Wildman–Crippen LogP) is 2.92. The number of hydrogen-bond donors (Lipinski definition) is 3. The first-order chi connectivity index (χ1) is 13.6. The molecular weight excluding hydrogens is 370 g/mol. The molecule has 4 rings (SSSR count). The third-order valence-electron chi connectivity index (χ3n) is 6.37. The van der Waals surface area contributed by atoms with Gasteiger partial charge in [-0.2, -0.15) is 0 Å². The Hall–Kier alpha value is -1.68. The highest BCUT2D eigenvalue weighted by Crippen LogP contribution is 2.50. The van der Waals surface area contributed by atoms with E-state index in [1.165, 1.54) is 25.7 Å². The Morgan fingerprint density at radius 1 is 1.21 bits per heavy atom. The molecule has 150 valence electrons. The van der Waals surface area contributed by atoms with Gasteiger partial charge in [-0.05, 0) is 36.5 Å². The first-order valence-electron chi connectivity index (χ1n) is 10.3. The maximum absolute atomic E-state index is 12.8. The van der Waals surface area contributed by atoms with Gasteiger partial charge in [0.1, 0.15) is 23.5 Å². The van der Waals surface area contributed by atoms with Crippen molar-refractivity contribution in [2.75, 3.05) is 6.61 Å². The molecule has 2 saturated heterocycles. The molecule has 4 unspecified atom stereocenters. The van der Waals surface area contributed by atoms with Crippen LogP contribution in [0.15, 0.2) is 24.3 Å². The van der Waals surface area contributed by atoms with E-state index in [1.54, 1.807) is 11.8 Å². The number of nitrogens with one attached hydrogen (secondary N) is 2. The summed E-state index contributed by atoms with van der Waals surface area (Å²) in [5.74, 6) is 3.90. The molecule has 1 saturated carbocycles. The molecule has 2 heterocycles. The van der Waals surface area contributed by atoms with Crippen LogP contribution in [0.25, 0.3) is 0 Å². The lowest BCUT2D eigenvalue weighted by Gasteiger charge is -2.48. The fourth-order valence-corrected chi connectivity index (χ4v) is 6.70. The molecule has 28 heavy (non-hydrogen) atoms. The monoisotopic (exact) mass is 399 g/mol. The van der Waals surface area contributed by atoms with Crippen molar-refractivity contribution in [1.29, 1.82) is 0 Å². The first kappa shape index (κ1) is 19.6. The lowest BCUT2D eigenvalue weighted by atomic mass is 9.74. The molecular formula is C22H29N3O2S. The molecule has 3 aliphatic rings. The summed E-state index contributed by atoms with van der Waals surface area (Å²) in [4.78, 5) is 12.8. The molecule has 1 aromatic carbocycles. The number of carbonyl (C=O) groups excluding carboxylic acids is 1. The van der Waals surface area contributed by atoms with Gasteiger partial charge in [-0.15, -0.1) is 18.2 Å². The van der Waals surface area contributed by atoms with Crippen LogP contribution in [0.4, 0.5) is 0 Å². The van der Waals surface area contributed by atoms with Crippen LogP contribution in [0.2, 0.25) is 0 Å². The largest absolute Gasteiger partial charge is 0.481 e. The van der Waals surface area contributed by atoms with E-state index in [-0.39, 0.29) is 29.2 Å². The van der Waals surface area contributed by atoms with E-state index >= 15 is 0 Å². The lowest BCUT2D eigenvalue weighted by Crippen LogP contribution is -2.70. The van der Waals surface area contributed by atoms with Gasteiger partial charge in [-0.1, -0.05) is 43.7 Å². The Bertz CT molecular complexity index is 739. The van der Waals surface area contributed by atoms with Crippen LogP contribution in [-0.2, 0) is 4.79 Å². The van der Waals surface area contributed by atoms with Gasteiger partial charge in [0.15, 0.2) is 0 Å². The van der Waals surface area contributed by atoms with Crippen molar-refractivity contribution in [2.45, 2.75) is 67.3 Å². The van der Waals surface area contributed by atoms with Gasteiger partial charge in [0.25, 0.3) is 0 Å². The third-order valence-corrected chi connectivity index (χ3v) is 7.77. The van der Waals surface area contributed by atoms with Gasteiger partial charge in [-0.25, -0.2) is 0 Å². The molecule has 0 bridgehead atoms. The summed E-state index contributed by atoms with van der Waals surface area (Å²) in [7, 11) is 0. The van der Waals surface area contributed by atoms with Crippen LogP contribution in [0.5, 0.6) is 5.75 Å². The van der Waals surface area contributed by atoms with E-state index in [0.717, 1.165) is 24.2 Å². The molecule has 3 fully saturated rings. The smallest absolute Gasteiger partial charge is 0.222 e. The average Bonchev–Trinajstić information content (AvgIpc) is 2.86. The van der Waals surface area contributed by atoms with Gasteiger partial charge in [0, 0.05) is 12.3 Å². The minimum Gasteiger partial charge on any atom is -0.481 e. The number of terminal acetylenes is 1. The predicted molar refractivity (Wildman–Crippen MR) is 113 cm³/mol. The molecule has 1 aliphatic carbocycles. The van der Waals surface area contributed by atoms with E-state index < -0.39 is 5.66 Å². The first-order valence-corrected chi connectivity index (χ1v) is 11.2. The van der Waals surface area contributed by atoms with Crippen molar-refractivity contribution in [2.24, 2.45) is 11.7 Å². The molecule has 0 radical (unpaired) electrons. The Morgan fingerprint density at radius 2 is 1.93 bits per heavy atom. The molecule has 2 aliphatic heterocycles. The second kappa shape index (κ2) is 8.36. The van der Waals surface area contributed by atoms with Crippen molar-refractivity contribution in [1.82, 2.24) is 10.6 Å². The number of thioether (sulfide) groups is 1. The van der Waals surface area contributed by atoms with Crippen molar-refractivity contribution >= 4 is 17.7 Å². The van der Waals surface area contributed by atoms with Crippen LogP contribution >= 0.6 is 11.8 Å². The summed E-state index contributed by atoms with van der Waals surface area (Å²) in [5, 5.41) is 7.18. The highest BCUT2D eigenvalue weighted by molar-refractivity contribution is 8.00. The maximum Gasteiger partial charge on any atom is 0.222 e. The van der Waals surface area contributed by atoms with E-state index in [0.29, 0.717) is 12.3 Å². The van der Waals surface area contributed by atoms with Crippen molar-refractivity contribution < 1.29 is 9.53 Å². The highest BCUT2D eigenvalue weighted by Gasteiger charge is 2.57. The number of nitrogens with two attached hydrogens (primary N) is 1. The summed E-state index contributed by atoms with van der Waals surface area (Å²) in [5.41, 5.74) is 6.94. The van der Waals surface area contributed by atoms with Crippen LogP contribution in [-0.4, -0.2) is 28.9 Å². The number of rotatable bonds is 4. The summed E-state index contributed by atoms with van der Waals surface area (Å²) < 4.78 is 5.50. The zero-order valence-corrected chi connectivity index (χ0v) is 17.0. The number of piperidine rings is 1. The zero-order valence-electron chi connectivity index (χ0n) is 16.2. The second-order valence-electron chi connectivity index (χ2n) is 8.10. The number of ether oxygens (including phenoxy) is 1. The molecule has 6 heteroatoms. The van der Waals surface area contributed by atoms with Crippen LogP contribution in [0, 0.1) is 18.3 Å². The molecule has 1 aromatic rings. The Morgan fingerprint density at radius 3 is 2.61 bits per heavy atom. The number of benzene rings is 1. The number of fused-ring (bicyclic) bond motifs is 1. The zero-order chi connectivity index (χ0) is 19.6. The summed E-state index contributed by atoms with van der Waals surface area (Å²) in [6.07, 6.45) is 13.1.